The highest BCUT2D eigenvalue weighted by Gasteiger charge is 2.39. The number of nitrogens with two attached hydrogens (primary N) is 1. The van der Waals surface area contributed by atoms with Crippen LogP contribution in [0.3, 0.4) is 0 Å². The van der Waals surface area contributed by atoms with Gasteiger partial charge in [-0.25, -0.2) is 0 Å². The van der Waals surface area contributed by atoms with E-state index in [9.17, 15) is 13.2 Å². The Hall–Kier alpha value is -0.290. The molecule has 2 nitrogen and oxygen atoms in total. The molecular weight excluding hydrogens is 253 g/mol. The third-order valence-electron chi connectivity index (χ3n) is 4.42. The molecule has 0 spiro atoms. The number of alkyl halides is 3. The summed E-state index contributed by atoms with van der Waals surface area (Å²) in [4.78, 5) is 1.53. The zero-order chi connectivity index (χ0) is 14.7. The van der Waals surface area contributed by atoms with Crippen molar-refractivity contribution in [3.63, 3.8) is 0 Å². The summed E-state index contributed by atoms with van der Waals surface area (Å²) in [6, 6.07) is -0.107. The van der Waals surface area contributed by atoms with Gasteiger partial charge in [-0.15, -0.1) is 0 Å². The largest absolute Gasteiger partial charge is 0.401 e. The lowest BCUT2D eigenvalue weighted by Gasteiger charge is -2.43. The summed E-state index contributed by atoms with van der Waals surface area (Å²) >= 11 is 0. The van der Waals surface area contributed by atoms with E-state index in [1.165, 1.54) is 4.90 Å². The third kappa shape index (κ3) is 5.30. The molecule has 0 atom stereocenters. The van der Waals surface area contributed by atoms with Gasteiger partial charge in [0.2, 0.25) is 0 Å². The van der Waals surface area contributed by atoms with E-state index in [-0.39, 0.29) is 11.5 Å². The third-order valence-corrected chi connectivity index (χ3v) is 4.42. The molecule has 1 fully saturated rings. The molecule has 1 saturated carbocycles. The molecule has 0 amide bonds. The summed E-state index contributed by atoms with van der Waals surface area (Å²) in [6.07, 6.45) is -0.0796. The van der Waals surface area contributed by atoms with Crippen molar-refractivity contribution in [2.24, 2.45) is 17.1 Å². The molecule has 0 aromatic carbocycles. The van der Waals surface area contributed by atoms with E-state index >= 15 is 0 Å². The van der Waals surface area contributed by atoms with Crippen molar-refractivity contribution >= 4 is 0 Å². The van der Waals surface area contributed by atoms with Gasteiger partial charge in [0.1, 0.15) is 0 Å². The summed E-state index contributed by atoms with van der Waals surface area (Å²) < 4.78 is 37.9. The van der Waals surface area contributed by atoms with Crippen LogP contribution in [-0.2, 0) is 0 Å². The second kappa shape index (κ2) is 6.44. The molecular formula is C14H27F3N2. The monoisotopic (exact) mass is 280 g/mol. The van der Waals surface area contributed by atoms with Crippen LogP contribution in [0.1, 0.15) is 46.5 Å². The summed E-state index contributed by atoms with van der Waals surface area (Å²) in [5, 5.41) is 0. The number of rotatable bonds is 5. The van der Waals surface area contributed by atoms with Gasteiger partial charge in [-0.05, 0) is 44.6 Å². The second-order valence-corrected chi connectivity index (χ2v) is 6.50. The second-order valence-electron chi connectivity index (χ2n) is 6.50. The SMILES string of the molecule is CC1CCC(CN)(CN(CC(F)(F)F)C(C)C)CC1. The van der Waals surface area contributed by atoms with Crippen molar-refractivity contribution in [3.8, 4) is 0 Å². The maximum Gasteiger partial charge on any atom is 0.401 e. The fourth-order valence-electron chi connectivity index (χ4n) is 2.88. The first-order valence-electron chi connectivity index (χ1n) is 7.18. The van der Waals surface area contributed by atoms with Gasteiger partial charge in [0, 0.05) is 12.6 Å². The zero-order valence-electron chi connectivity index (χ0n) is 12.3. The number of hydrogen-bond acceptors (Lipinski definition) is 2. The molecule has 0 heterocycles. The van der Waals surface area contributed by atoms with E-state index in [1.807, 2.05) is 13.8 Å². The molecule has 2 N–H and O–H groups in total. The normalized spacial score (nSPS) is 29.2. The molecule has 19 heavy (non-hydrogen) atoms. The average Bonchev–Trinajstić information content (AvgIpc) is 2.30. The molecule has 0 aromatic heterocycles. The predicted octanol–water partition coefficient (Wildman–Crippen LogP) is 3.41. The van der Waals surface area contributed by atoms with Crippen LogP contribution in [0.15, 0.2) is 0 Å². The number of halogens is 3. The summed E-state index contributed by atoms with van der Waals surface area (Å²) in [6.45, 7) is 5.97. The summed E-state index contributed by atoms with van der Waals surface area (Å²) in [5.74, 6) is 0.676. The fraction of sp³-hybridized carbons (Fsp3) is 1.00. The van der Waals surface area contributed by atoms with Gasteiger partial charge in [-0.3, -0.25) is 4.90 Å². The standard InChI is InChI=1S/C14H27F3N2/c1-11(2)19(10-14(15,16)17)9-13(8-18)6-4-12(3)5-7-13/h11-12H,4-10,18H2,1-3H3. The maximum atomic E-state index is 12.6. The number of hydrogen-bond donors (Lipinski definition) is 1. The zero-order valence-corrected chi connectivity index (χ0v) is 12.3. The van der Waals surface area contributed by atoms with Crippen LogP contribution in [0.2, 0.25) is 0 Å². The molecule has 0 aromatic rings. The highest BCUT2D eigenvalue weighted by Crippen LogP contribution is 2.39. The highest BCUT2D eigenvalue weighted by atomic mass is 19.4. The lowest BCUT2D eigenvalue weighted by Crippen LogP contribution is -2.49. The average molecular weight is 280 g/mol. The fourth-order valence-corrected chi connectivity index (χ4v) is 2.88. The molecule has 1 rings (SSSR count). The molecule has 0 unspecified atom stereocenters. The Morgan fingerprint density at radius 2 is 1.79 bits per heavy atom. The molecule has 1 aliphatic carbocycles. The summed E-state index contributed by atoms with van der Waals surface area (Å²) in [5.41, 5.74) is 5.76. The predicted molar refractivity (Wildman–Crippen MR) is 71.9 cm³/mol. The van der Waals surface area contributed by atoms with Crippen LogP contribution in [0.5, 0.6) is 0 Å². The summed E-state index contributed by atoms with van der Waals surface area (Å²) in [7, 11) is 0. The van der Waals surface area contributed by atoms with Crippen molar-refractivity contribution in [1.29, 1.82) is 0 Å². The Labute approximate surface area is 114 Å². The maximum absolute atomic E-state index is 12.6. The molecule has 0 radical (unpaired) electrons. The van der Waals surface area contributed by atoms with Crippen LogP contribution in [0.25, 0.3) is 0 Å². The molecule has 0 saturated heterocycles. The molecule has 1 aliphatic rings. The lowest BCUT2D eigenvalue weighted by molar-refractivity contribution is -0.154. The van der Waals surface area contributed by atoms with Gasteiger partial charge in [0.15, 0.2) is 0 Å². The Morgan fingerprint density at radius 1 is 1.26 bits per heavy atom. The van der Waals surface area contributed by atoms with Gasteiger partial charge in [0.25, 0.3) is 0 Å². The Kier molecular flexibility index (Phi) is 5.68. The van der Waals surface area contributed by atoms with Crippen molar-refractivity contribution < 1.29 is 13.2 Å². The van der Waals surface area contributed by atoms with Crippen LogP contribution < -0.4 is 5.73 Å². The minimum Gasteiger partial charge on any atom is -0.330 e. The van der Waals surface area contributed by atoms with Crippen LogP contribution >= 0.6 is 0 Å². The Balaban J connectivity index is 2.70. The Bertz CT molecular complexity index is 268. The van der Waals surface area contributed by atoms with Gasteiger partial charge in [-0.1, -0.05) is 19.8 Å². The topological polar surface area (TPSA) is 29.3 Å². The van der Waals surface area contributed by atoms with Crippen LogP contribution in [-0.4, -0.2) is 36.8 Å². The lowest BCUT2D eigenvalue weighted by atomic mass is 9.70. The van der Waals surface area contributed by atoms with Crippen LogP contribution in [0, 0.1) is 11.3 Å². The van der Waals surface area contributed by atoms with E-state index in [0.717, 1.165) is 25.7 Å². The molecule has 5 heteroatoms. The highest BCUT2D eigenvalue weighted by molar-refractivity contribution is 4.89. The van der Waals surface area contributed by atoms with Gasteiger partial charge >= 0.3 is 6.18 Å². The van der Waals surface area contributed by atoms with E-state index < -0.39 is 12.7 Å². The minimum atomic E-state index is -4.14. The molecule has 0 aliphatic heterocycles. The van der Waals surface area contributed by atoms with Crippen LogP contribution in [0.4, 0.5) is 13.2 Å². The van der Waals surface area contributed by atoms with E-state index in [0.29, 0.717) is 19.0 Å². The first-order chi connectivity index (χ1) is 8.67. The quantitative estimate of drug-likeness (QED) is 0.836. The van der Waals surface area contributed by atoms with Crippen molar-refractivity contribution in [1.82, 2.24) is 4.90 Å². The smallest absolute Gasteiger partial charge is 0.330 e. The Morgan fingerprint density at radius 3 is 2.16 bits per heavy atom. The van der Waals surface area contributed by atoms with E-state index in [4.69, 9.17) is 5.73 Å². The van der Waals surface area contributed by atoms with Crippen molar-refractivity contribution in [2.75, 3.05) is 19.6 Å². The first-order valence-corrected chi connectivity index (χ1v) is 7.18. The van der Waals surface area contributed by atoms with Gasteiger partial charge < -0.3 is 5.73 Å². The van der Waals surface area contributed by atoms with Crippen molar-refractivity contribution in [3.05, 3.63) is 0 Å². The van der Waals surface area contributed by atoms with Gasteiger partial charge in [0.05, 0.1) is 6.54 Å². The van der Waals surface area contributed by atoms with Gasteiger partial charge in [-0.2, -0.15) is 13.2 Å². The first kappa shape index (κ1) is 16.8. The molecule has 114 valence electrons. The van der Waals surface area contributed by atoms with Crippen molar-refractivity contribution in [2.45, 2.75) is 58.7 Å². The number of nitrogens with zero attached hydrogens (tertiary/aromatic N) is 1. The van der Waals surface area contributed by atoms with E-state index in [1.54, 1.807) is 0 Å². The minimum absolute atomic E-state index is 0.107. The van der Waals surface area contributed by atoms with E-state index in [2.05, 4.69) is 6.92 Å². The molecule has 0 bridgehead atoms.